The van der Waals surface area contributed by atoms with Crippen molar-refractivity contribution >= 4 is 17.5 Å². The van der Waals surface area contributed by atoms with E-state index < -0.39 is 6.04 Å². The normalized spacial score (nSPS) is 15.7. The van der Waals surface area contributed by atoms with Gasteiger partial charge in [-0.15, -0.1) is 0 Å². The van der Waals surface area contributed by atoms with Gasteiger partial charge in [-0.05, 0) is 42.0 Å². The Morgan fingerprint density at radius 2 is 1.59 bits per heavy atom. The molecule has 4 heteroatoms. The highest BCUT2D eigenvalue weighted by Gasteiger charge is 2.27. The van der Waals surface area contributed by atoms with E-state index >= 15 is 0 Å². The van der Waals surface area contributed by atoms with Crippen molar-refractivity contribution in [1.82, 2.24) is 5.32 Å². The molecule has 1 fully saturated rings. The van der Waals surface area contributed by atoms with Crippen LogP contribution in [0.5, 0.6) is 0 Å². The van der Waals surface area contributed by atoms with Crippen molar-refractivity contribution in [3.05, 3.63) is 65.7 Å². The summed E-state index contributed by atoms with van der Waals surface area (Å²) in [5.74, 6) is 0.312. The summed E-state index contributed by atoms with van der Waals surface area (Å²) in [6.45, 7) is 4.29. The summed E-state index contributed by atoms with van der Waals surface area (Å²) < 4.78 is 0. The van der Waals surface area contributed by atoms with Crippen molar-refractivity contribution in [2.75, 3.05) is 5.32 Å². The molecule has 0 aliphatic heterocycles. The zero-order valence-electron chi connectivity index (χ0n) is 17.5. The number of amides is 2. The monoisotopic (exact) mass is 392 g/mol. The third-order valence-corrected chi connectivity index (χ3v) is 5.74. The number of hydrogen-bond acceptors (Lipinski definition) is 2. The fourth-order valence-corrected chi connectivity index (χ4v) is 3.89. The van der Waals surface area contributed by atoms with Crippen LogP contribution in [0, 0.1) is 5.92 Å². The van der Waals surface area contributed by atoms with Crippen LogP contribution >= 0.6 is 0 Å². The van der Waals surface area contributed by atoms with E-state index in [0.29, 0.717) is 12.3 Å². The van der Waals surface area contributed by atoms with Gasteiger partial charge in [0.1, 0.15) is 6.04 Å². The molecule has 0 spiro atoms. The first-order valence-corrected chi connectivity index (χ1v) is 10.8. The molecule has 1 aliphatic carbocycles. The molecule has 0 aromatic heterocycles. The second-order valence-corrected chi connectivity index (χ2v) is 8.35. The summed E-state index contributed by atoms with van der Waals surface area (Å²) in [6.07, 6.45) is 5.70. The van der Waals surface area contributed by atoms with Gasteiger partial charge in [-0.3, -0.25) is 9.59 Å². The summed E-state index contributed by atoms with van der Waals surface area (Å²) in [7, 11) is 0. The highest BCUT2D eigenvalue weighted by molar-refractivity contribution is 5.97. The van der Waals surface area contributed by atoms with Crippen LogP contribution < -0.4 is 10.6 Å². The lowest BCUT2D eigenvalue weighted by Crippen LogP contribution is -2.47. The molecule has 29 heavy (non-hydrogen) atoms. The van der Waals surface area contributed by atoms with Gasteiger partial charge in [-0.25, -0.2) is 0 Å². The van der Waals surface area contributed by atoms with Gasteiger partial charge in [0.05, 0.1) is 0 Å². The van der Waals surface area contributed by atoms with Crippen LogP contribution in [0.15, 0.2) is 54.6 Å². The predicted octanol–water partition coefficient (Wildman–Crippen LogP) is 5.06. The van der Waals surface area contributed by atoms with E-state index in [2.05, 4.69) is 24.5 Å². The van der Waals surface area contributed by atoms with E-state index in [1.807, 2.05) is 54.6 Å². The lowest BCUT2D eigenvalue weighted by Gasteiger charge is -2.25. The smallest absolute Gasteiger partial charge is 0.247 e. The van der Waals surface area contributed by atoms with E-state index in [1.165, 1.54) is 12.0 Å². The zero-order valence-corrected chi connectivity index (χ0v) is 17.5. The molecule has 1 atom stereocenters. The number of rotatable bonds is 7. The van der Waals surface area contributed by atoms with Crippen LogP contribution in [0.25, 0.3) is 0 Å². The van der Waals surface area contributed by atoms with Crippen molar-refractivity contribution in [1.29, 1.82) is 0 Å². The summed E-state index contributed by atoms with van der Waals surface area (Å²) in [5.41, 5.74) is 3.02. The maximum Gasteiger partial charge on any atom is 0.247 e. The largest absolute Gasteiger partial charge is 0.344 e. The van der Waals surface area contributed by atoms with E-state index in [-0.39, 0.29) is 17.7 Å². The average Bonchev–Trinajstić information content (AvgIpc) is 2.75. The SMILES string of the molecule is CC(C)c1ccc(NC(=O)[C@H](Cc2ccccc2)NC(=O)C2CCCCC2)cc1. The Morgan fingerprint density at radius 1 is 0.931 bits per heavy atom. The summed E-state index contributed by atoms with van der Waals surface area (Å²) in [6, 6.07) is 17.2. The summed E-state index contributed by atoms with van der Waals surface area (Å²) in [4.78, 5) is 25.8. The fourth-order valence-electron chi connectivity index (χ4n) is 3.89. The fraction of sp³-hybridized carbons (Fsp3) is 0.440. The van der Waals surface area contributed by atoms with Gasteiger partial charge >= 0.3 is 0 Å². The van der Waals surface area contributed by atoms with E-state index in [9.17, 15) is 9.59 Å². The minimum absolute atomic E-state index is 0.0101. The molecule has 2 aromatic carbocycles. The van der Waals surface area contributed by atoms with Gasteiger partial charge < -0.3 is 10.6 Å². The first-order valence-electron chi connectivity index (χ1n) is 10.8. The second-order valence-electron chi connectivity index (χ2n) is 8.35. The molecule has 4 nitrogen and oxygen atoms in total. The number of hydrogen-bond donors (Lipinski definition) is 2. The lowest BCUT2D eigenvalue weighted by molar-refractivity contribution is -0.130. The highest BCUT2D eigenvalue weighted by Crippen LogP contribution is 2.24. The molecule has 2 N–H and O–H groups in total. The zero-order chi connectivity index (χ0) is 20.6. The van der Waals surface area contributed by atoms with Crippen LogP contribution in [0.4, 0.5) is 5.69 Å². The molecule has 2 amide bonds. The maximum absolute atomic E-state index is 13.0. The Balaban J connectivity index is 1.70. The molecule has 3 rings (SSSR count). The number of carbonyl (C=O) groups is 2. The van der Waals surface area contributed by atoms with Crippen molar-refractivity contribution in [3.8, 4) is 0 Å². The van der Waals surface area contributed by atoms with Crippen molar-refractivity contribution in [2.45, 2.75) is 64.3 Å². The third kappa shape index (κ3) is 6.18. The number of benzene rings is 2. The van der Waals surface area contributed by atoms with Gasteiger partial charge in [-0.2, -0.15) is 0 Å². The van der Waals surface area contributed by atoms with E-state index in [1.54, 1.807) is 0 Å². The highest BCUT2D eigenvalue weighted by atomic mass is 16.2. The molecule has 154 valence electrons. The molecule has 0 saturated heterocycles. The number of anilines is 1. The Hall–Kier alpha value is -2.62. The first-order chi connectivity index (χ1) is 14.0. The lowest BCUT2D eigenvalue weighted by atomic mass is 9.88. The number of carbonyl (C=O) groups excluding carboxylic acids is 2. The second kappa shape index (κ2) is 10.2. The standard InChI is InChI=1S/C25H32N2O2/c1-18(2)20-13-15-22(16-14-20)26-25(29)23(17-19-9-5-3-6-10-19)27-24(28)21-11-7-4-8-12-21/h3,5-6,9-10,13-16,18,21,23H,4,7-8,11-12,17H2,1-2H3,(H,26,29)(H,27,28)/t23-/m0/s1. The van der Waals surface area contributed by atoms with Gasteiger partial charge in [-0.1, -0.05) is 75.6 Å². The quantitative estimate of drug-likeness (QED) is 0.692. The molecule has 0 bridgehead atoms. The Kier molecular flexibility index (Phi) is 7.45. The van der Waals surface area contributed by atoms with Gasteiger partial charge in [0.15, 0.2) is 0 Å². The van der Waals surface area contributed by atoms with Crippen LogP contribution in [0.1, 0.15) is 63.0 Å². The molecular weight excluding hydrogens is 360 g/mol. The van der Waals surface area contributed by atoms with Crippen LogP contribution in [0.2, 0.25) is 0 Å². The Labute approximate surface area is 174 Å². The summed E-state index contributed by atoms with van der Waals surface area (Å²) >= 11 is 0. The predicted molar refractivity (Wildman–Crippen MR) is 118 cm³/mol. The molecule has 1 aliphatic rings. The Bertz CT molecular complexity index is 793. The third-order valence-electron chi connectivity index (χ3n) is 5.74. The average molecular weight is 393 g/mol. The topological polar surface area (TPSA) is 58.2 Å². The van der Waals surface area contributed by atoms with E-state index in [4.69, 9.17) is 0 Å². The molecular formula is C25H32N2O2. The van der Waals surface area contributed by atoms with Gasteiger partial charge in [0.2, 0.25) is 11.8 Å². The van der Waals surface area contributed by atoms with Crippen LogP contribution in [-0.4, -0.2) is 17.9 Å². The van der Waals surface area contributed by atoms with Crippen LogP contribution in [-0.2, 0) is 16.0 Å². The van der Waals surface area contributed by atoms with Crippen molar-refractivity contribution in [2.24, 2.45) is 5.92 Å². The molecule has 0 unspecified atom stereocenters. The maximum atomic E-state index is 13.0. The van der Waals surface area contributed by atoms with Gasteiger partial charge in [0.25, 0.3) is 0 Å². The minimum Gasteiger partial charge on any atom is -0.344 e. The van der Waals surface area contributed by atoms with Gasteiger partial charge in [0, 0.05) is 18.0 Å². The molecule has 0 radical (unpaired) electrons. The molecule has 1 saturated carbocycles. The molecule has 0 heterocycles. The van der Waals surface area contributed by atoms with Crippen molar-refractivity contribution in [3.63, 3.8) is 0 Å². The molecule has 2 aromatic rings. The minimum atomic E-state index is -0.586. The van der Waals surface area contributed by atoms with E-state index in [0.717, 1.165) is 36.9 Å². The van der Waals surface area contributed by atoms with Crippen LogP contribution in [0.3, 0.4) is 0 Å². The number of nitrogens with one attached hydrogen (secondary N) is 2. The summed E-state index contributed by atoms with van der Waals surface area (Å²) in [5, 5.41) is 6.02. The Morgan fingerprint density at radius 3 is 2.21 bits per heavy atom. The van der Waals surface area contributed by atoms with Crippen molar-refractivity contribution < 1.29 is 9.59 Å². The first kappa shape index (κ1) is 21.1.